The minimum absolute atomic E-state index is 0.0722. The van der Waals surface area contributed by atoms with Crippen molar-refractivity contribution in [1.82, 2.24) is 10.2 Å². The summed E-state index contributed by atoms with van der Waals surface area (Å²) in [6.07, 6.45) is 0.250. The molecule has 4 rings (SSSR count). The van der Waals surface area contributed by atoms with Gasteiger partial charge < -0.3 is 10.2 Å². The lowest BCUT2D eigenvalue weighted by Gasteiger charge is -2.34. The number of carbonyl (C=O) groups is 2. The monoisotopic (exact) mass is 631 g/mol. The number of hydrogen-bond donors (Lipinski definition) is 1. The van der Waals surface area contributed by atoms with Gasteiger partial charge in [-0.15, -0.1) is 0 Å². The van der Waals surface area contributed by atoms with E-state index < -0.39 is 28.5 Å². The number of rotatable bonds is 12. The normalized spacial score (nSPS) is 11.9. The number of carbonyl (C=O) groups excluding carboxylic acids is 2. The molecule has 9 heteroatoms. The summed E-state index contributed by atoms with van der Waals surface area (Å²) in [5.41, 5.74) is 4.79. The average molecular weight is 632 g/mol. The lowest BCUT2D eigenvalue weighted by Crippen LogP contribution is -2.53. The number of nitrogens with one attached hydrogen (secondary N) is 1. The van der Waals surface area contributed by atoms with Gasteiger partial charge in [0, 0.05) is 24.5 Å². The Labute approximate surface area is 265 Å². The van der Waals surface area contributed by atoms with Gasteiger partial charge in [0.05, 0.1) is 10.6 Å². The second-order valence-corrected chi connectivity index (χ2v) is 13.1. The number of halogens is 1. The van der Waals surface area contributed by atoms with Gasteiger partial charge in [-0.3, -0.25) is 13.9 Å². The zero-order valence-corrected chi connectivity index (χ0v) is 27.0. The highest BCUT2D eigenvalue weighted by molar-refractivity contribution is 7.92. The molecule has 7 nitrogen and oxygen atoms in total. The molecule has 4 aromatic carbocycles. The Hall–Kier alpha value is -4.14. The fourth-order valence-corrected chi connectivity index (χ4v) is 6.41. The highest BCUT2D eigenvalue weighted by atomic mass is 35.5. The van der Waals surface area contributed by atoms with Crippen molar-refractivity contribution in [3.05, 3.63) is 130 Å². The third-order valence-electron chi connectivity index (χ3n) is 7.55. The number of aryl methyl sites for hydroxylation is 3. The third-order valence-corrected chi connectivity index (χ3v) is 9.59. The quantitative estimate of drug-likeness (QED) is 0.201. The van der Waals surface area contributed by atoms with Gasteiger partial charge in [0.1, 0.15) is 12.6 Å². The molecule has 0 aliphatic rings. The van der Waals surface area contributed by atoms with E-state index in [1.807, 2.05) is 64.1 Å². The molecule has 2 amide bonds. The van der Waals surface area contributed by atoms with Gasteiger partial charge in [0.2, 0.25) is 11.8 Å². The lowest BCUT2D eigenvalue weighted by molar-refractivity contribution is -0.140. The topological polar surface area (TPSA) is 86.8 Å². The number of amides is 2. The minimum atomic E-state index is -4.15. The highest BCUT2D eigenvalue weighted by Gasteiger charge is 2.34. The van der Waals surface area contributed by atoms with Gasteiger partial charge in [0.25, 0.3) is 10.0 Å². The summed E-state index contributed by atoms with van der Waals surface area (Å²) in [5, 5.41) is 3.41. The molecule has 0 saturated heterocycles. The summed E-state index contributed by atoms with van der Waals surface area (Å²) in [7, 11) is -4.15. The number of nitrogens with zero attached hydrogens (tertiary/aromatic N) is 2. The fraction of sp³-hybridized carbons (Fsp3) is 0.257. The van der Waals surface area contributed by atoms with Crippen LogP contribution in [0.4, 0.5) is 5.69 Å². The molecule has 0 radical (unpaired) electrons. The molecule has 0 aliphatic heterocycles. The first kappa shape index (κ1) is 32.8. The molecule has 0 aromatic heterocycles. The van der Waals surface area contributed by atoms with Crippen LogP contribution in [0.15, 0.2) is 102 Å². The summed E-state index contributed by atoms with van der Waals surface area (Å²) in [5.74, 6) is -0.834. The van der Waals surface area contributed by atoms with E-state index in [4.69, 9.17) is 11.6 Å². The van der Waals surface area contributed by atoms with E-state index in [0.717, 1.165) is 32.1 Å². The van der Waals surface area contributed by atoms with Crippen molar-refractivity contribution in [1.29, 1.82) is 0 Å². The number of sulfonamides is 1. The predicted octanol–water partition coefficient (Wildman–Crippen LogP) is 6.24. The fourth-order valence-electron chi connectivity index (χ4n) is 4.88. The molecular weight excluding hydrogens is 594 g/mol. The van der Waals surface area contributed by atoms with E-state index in [2.05, 4.69) is 5.32 Å². The van der Waals surface area contributed by atoms with Crippen LogP contribution in [0.25, 0.3) is 0 Å². The molecule has 0 fully saturated rings. The first-order chi connectivity index (χ1) is 21.0. The maximum absolute atomic E-state index is 14.4. The van der Waals surface area contributed by atoms with Gasteiger partial charge in [0.15, 0.2) is 0 Å². The van der Waals surface area contributed by atoms with Crippen molar-refractivity contribution in [3.8, 4) is 0 Å². The first-order valence-corrected chi connectivity index (χ1v) is 16.3. The van der Waals surface area contributed by atoms with Gasteiger partial charge in [-0.05, 0) is 86.3 Å². The molecule has 44 heavy (non-hydrogen) atoms. The van der Waals surface area contributed by atoms with E-state index in [-0.39, 0.29) is 23.8 Å². The molecular formula is C35H38ClN3O4S. The van der Waals surface area contributed by atoms with Crippen LogP contribution in [0.3, 0.4) is 0 Å². The van der Waals surface area contributed by atoms with Gasteiger partial charge in [-0.2, -0.15) is 0 Å². The van der Waals surface area contributed by atoms with E-state index in [0.29, 0.717) is 17.3 Å². The van der Waals surface area contributed by atoms with E-state index in [1.165, 1.54) is 4.90 Å². The van der Waals surface area contributed by atoms with E-state index in [9.17, 15) is 18.0 Å². The predicted molar refractivity (Wildman–Crippen MR) is 176 cm³/mol. The molecule has 0 aliphatic carbocycles. The molecule has 0 saturated carbocycles. The van der Waals surface area contributed by atoms with Crippen molar-refractivity contribution in [3.63, 3.8) is 0 Å². The second kappa shape index (κ2) is 14.6. The Morgan fingerprint density at radius 3 is 2.09 bits per heavy atom. The van der Waals surface area contributed by atoms with Gasteiger partial charge in [-0.25, -0.2) is 8.42 Å². The van der Waals surface area contributed by atoms with Crippen LogP contribution < -0.4 is 9.62 Å². The van der Waals surface area contributed by atoms with Gasteiger partial charge >= 0.3 is 0 Å². The SMILES string of the molecule is CCNC(=O)C(Cc1ccccc1)N(Cc1ccc(Cl)cc1)C(=O)CN(c1ccc(C)c(C)c1)S(=O)(=O)c1ccc(C)cc1. The van der Waals surface area contributed by atoms with E-state index >= 15 is 0 Å². The Morgan fingerprint density at radius 1 is 0.818 bits per heavy atom. The second-order valence-electron chi connectivity index (χ2n) is 10.8. The molecule has 0 spiro atoms. The number of likely N-dealkylation sites (N-methyl/N-ethyl adjacent to an activating group) is 1. The summed E-state index contributed by atoms with van der Waals surface area (Å²) in [4.78, 5) is 29.5. The molecule has 0 heterocycles. The summed E-state index contributed by atoms with van der Waals surface area (Å²) in [6, 6.07) is 27.4. The Balaban J connectivity index is 1.81. The molecule has 4 aromatic rings. The number of hydrogen-bond acceptors (Lipinski definition) is 4. The third kappa shape index (κ3) is 8.07. The summed E-state index contributed by atoms with van der Waals surface area (Å²) >= 11 is 6.13. The Bertz CT molecular complexity index is 1690. The Kier molecular flexibility index (Phi) is 10.8. The maximum Gasteiger partial charge on any atom is 0.264 e. The van der Waals surface area contributed by atoms with Crippen LogP contribution in [0.1, 0.15) is 34.7 Å². The van der Waals surface area contributed by atoms with E-state index in [1.54, 1.807) is 60.7 Å². The van der Waals surface area contributed by atoms with Crippen LogP contribution in [0.5, 0.6) is 0 Å². The molecule has 230 valence electrons. The number of benzene rings is 4. The largest absolute Gasteiger partial charge is 0.355 e. The molecule has 1 atom stereocenters. The maximum atomic E-state index is 14.4. The minimum Gasteiger partial charge on any atom is -0.355 e. The van der Waals surface area contributed by atoms with Crippen LogP contribution in [0, 0.1) is 20.8 Å². The molecule has 1 unspecified atom stereocenters. The molecule has 0 bridgehead atoms. The van der Waals surface area contributed by atoms with Crippen LogP contribution in [-0.2, 0) is 32.6 Å². The standard InChI is InChI=1S/C35H38ClN3O4S/c1-5-37-35(41)33(22-28-9-7-6-8-10-28)38(23-29-14-16-30(36)17-15-29)34(40)24-39(31-18-13-26(3)27(4)21-31)44(42,43)32-19-11-25(2)12-20-32/h6-21,33H,5,22-24H2,1-4H3,(H,37,41). The van der Waals surface area contributed by atoms with Crippen LogP contribution in [-0.4, -0.2) is 44.3 Å². The van der Waals surface area contributed by atoms with Crippen LogP contribution >= 0.6 is 11.6 Å². The average Bonchev–Trinajstić information content (AvgIpc) is 3.00. The van der Waals surface area contributed by atoms with Crippen molar-refractivity contribution in [2.75, 3.05) is 17.4 Å². The first-order valence-electron chi connectivity index (χ1n) is 14.5. The summed E-state index contributed by atoms with van der Waals surface area (Å²) < 4.78 is 29.4. The highest BCUT2D eigenvalue weighted by Crippen LogP contribution is 2.27. The van der Waals surface area contributed by atoms with Crippen molar-refractivity contribution >= 4 is 39.1 Å². The van der Waals surface area contributed by atoms with Crippen molar-refractivity contribution in [2.24, 2.45) is 0 Å². The van der Waals surface area contributed by atoms with Gasteiger partial charge in [-0.1, -0.05) is 77.8 Å². The van der Waals surface area contributed by atoms with Crippen molar-refractivity contribution < 1.29 is 18.0 Å². The zero-order chi connectivity index (χ0) is 31.9. The molecule has 1 N–H and O–H groups in total. The van der Waals surface area contributed by atoms with Crippen LogP contribution in [0.2, 0.25) is 5.02 Å². The lowest BCUT2D eigenvalue weighted by atomic mass is 10.0. The summed E-state index contributed by atoms with van der Waals surface area (Å²) in [6.45, 7) is 7.49. The number of anilines is 1. The van der Waals surface area contributed by atoms with Crippen molar-refractivity contribution in [2.45, 2.75) is 51.6 Å². The zero-order valence-electron chi connectivity index (χ0n) is 25.5. The smallest absolute Gasteiger partial charge is 0.264 e. The Morgan fingerprint density at radius 2 is 1.48 bits per heavy atom.